The third kappa shape index (κ3) is 27.2. The molecule has 160 valence electrons. The molecule has 0 N–H and O–H groups in total. The smallest absolute Gasteiger partial charge is 0.444 e. The van der Waals surface area contributed by atoms with E-state index in [-0.39, 0.29) is 12.2 Å². The van der Waals surface area contributed by atoms with Crippen LogP contribution in [0, 0.1) is 0 Å². The third-order valence-electron chi connectivity index (χ3n) is 3.40. The molecule has 0 saturated heterocycles. The Hall–Kier alpha value is -1.11. The van der Waals surface area contributed by atoms with E-state index in [9.17, 15) is 9.59 Å². The van der Waals surface area contributed by atoms with E-state index < -0.39 is 12.2 Å². The van der Waals surface area contributed by atoms with Gasteiger partial charge in [-0.05, 0) is 39.9 Å². The molecule has 6 nitrogen and oxygen atoms in total. The molecule has 0 aromatic carbocycles. The highest BCUT2D eigenvalue weighted by molar-refractivity contribution is 7.80. The van der Waals surface area contributed by atoms with Crippen LogP contribution in [0.25, 0.3) is 0 Å². The monoisotopic (exact) mass is 404 g/mol. The summed E-state index contributed by atoms with van der Waals surface area (Å²) < 4.78 is 9.20. The van der Waals surface area contributed by atoms with Gasteiger partial charge in [0.05, 0.1) is 12.2 Å². The molecule has 0 fully saturated rings. The van der Waals surface area contributed by atoms with E-state index in [0.717, 1.165) is 5.75 Å². The van der Waals surface area contributed by atoms with Crippen molar-refractivity contribution in [3.05, 3.63) is 0 Å². The Morgan fingerprint density at radius 3 is 1.33 bits per heavy atom. The van der Waals surface area contributed by atoms with Crippen molar-refractivity contribution in [2.45, 2.75) is 111 Å². The molecule has 0 bridgehead atoms. The summed E-state index contributed by atoms with van der Waals surface area (Å²) in [7, 11) is 0. The van der Waals surface area contributed by atoms with Crippen LogP contribution in [0.15, 0.2) is 10.2 Å². The normalized spacial score (nSPS) is 10.8. The second kappa shape index (κ2) is 21.2. The van der Waals surface area contributed by atoms with Gasteiger partial charge in [-0.15, -0.1) is 0 Å². The number of ether oxygens (including phenoxy) is 2. The Kier molecular flexibility index (Phi) is 22.1. The van der Waals surface area contributed by atoms with E-state index in [1.807, 2.05) is 0 Å². The zero-order valence-electron chi connectivity index (χ0n) is 17.9. The molecule has 0 rings (SSSR count). The lowest BCUT2D eigenvalue weighted by molar-refractivity contribution is 0.115. The molecule has 0 unspecified atom stereocenters. The number of unbranched alkanes of at least 4 members (excludes halogenated alkanes) is 9. The number of nitrogens with zero attached hydrogens (tertiary/aromatic N) is 2. The van der Waals surface area contributed by atoms with Gasteiger partial charge in [-0.1, -0.05) is 74.9 Å². The van der Waals surface area contributed by atoms with Crippen molar-refractivity contribution in [2.24, 2.45) is 10.2 Å². The number of carbonyl (C=O) groups is 2. The zero-order valence-corrected chi connectivity index (χ0v) is 18.8. The SMILES string of the molecule is CC(C)OC(=O)N=NC(=O)OC(C)C.CCCCCCCCCCCCS. The molecule has 0 radical (unpaired) electrons. The zero-order chi connectivity index (χ0) is 20.9. The van der Waals surface area contributed by atoms with Crippen LogP contribution in [-0.4, -0.2) is 30.1 Å². The highest BCUT2D eigenvalue weighted by atomic mass is 32.1. The van der Waals surface area contributed by atoms with Crippen LogP contribution < -0.4 is 0 Å². The van der Waals surface area contributed by atoms with Gasteiger partial charge >= 0.3 is 12.2 Å². The first-order valence-electron chi connectivity index (χ1n) is 10.3. The Labute approximate surface area is 171 Å². The summed E-state index contributed by atoms with van der Waals surface area (Å²) >= 11 is 4.20. The predicted octanol–water partition coefficient (Wildman–Crippen LogP) is 7.37. The lowest BCUT2D eigenvalue weighted by Crippen LogP contribution is -2.09. The van der Waals surface area contributed by atoms with Gasteiger partial charge in [-0.2, -0.15) is 12.6 Å². The number of thiol groups is 1. The fraction of sp³-hybridized carbons (Fsp3) is 0.900. The summed E-state index contributed by atoms with van der Waals surface area (Å²) in [6, 6.07) is 0. The number of hydrogen-bond donors (Lipinski definition) is 1. The van der Waals surface area contributed by atoms with Gasteiger partial charge < -0.3 is 9.47 Å². The second-order valence-electron chi connectivity index (χ2n) is 6.97. The predicted molar refractivity (Wildman–Crippen MR) is 114 cm³/mol. The molecule has 0 heterocycles. The average molecular weight is 405 g/mol. The summed E-state index contributed by atoms with van der Waals surface area (Å²) in [5, 5.41) is 6.01. The Morgan fingerprint density at radius 2 is 1.04 bits per heavy atom. The largest absolute Gasteiger partial charge is 0.452 e. The quantitative estimate of drug-likeness (QED) is 0.209. The highest BCUT2D eigenvalue weighted by Gasteiger charge is 2.06. The van der Waals surface area contributed by atoms with Crippen LogP contribution in [0.2, 0.25) is 0 Å². The second-order valence-corrected chi connectivity index (χ2v) is 7.42. The number of azo groups is 1. The maximum absolute atomic E-state index is 10.8. The first-order valence-corrected chi connectivity index (χ1v) is 10.9. The van der Waals surface area contributed by atoms with Crippen molar-refractivity contribution in [3.8, 4) is 0 Å². The Balaban J connectivity index is 0. The first-order chi connectivity index (χ1) is 12.8. The molecule has 0 aliphatic heterocycles. The molecule has 0 aliphatic carbocycles. The van der Waals surface area contributed by atoms with E-state index >= 15 is 0 Å². The van der Waals surface area contributed by atoms with Gasteiger partial charge in [0.1, 0.15) is 0 Å². The third-order valence-corrected chi connectivity index (χ3v) is 3.71. The Morgan fingerprint density at radius 1 is 0.704 bits per heavy atom. The number of rotatable bonds is 12. The Bertz CT molecular complexity index is 354. The summed E-state index contributed by atoms with van der Waals surface area (Å²) in [6.45, 7) is 8.94. The lowest BCUT2D eigenvalue weighted by atomic mass is 10.1. The molecule has 27 heavy (non-hydrogen) atoms. The summed E-state index contributed by atoms with van der Waals surface area (Å²) in [4.78, 5) is 21.5. The average Bonchev–Trinajstić information content (AvgIpc) is 2.58. The fourth-order valence-corrected chi connectivity index (χ4v) is 2.35. The molecule has 0 atom stereocenters. The minimum Gasteiger partial charge on any atom is -0.444 e. The molecule has 0 aliphatic rings. The molecule has 0 saturated carbocycles. The van der Waals surface area contributed by atoms with Gasteiger partial charge in [-0.3, -0.25) is 0 Å². The molecular formula is C20H40N2O4S. The maximum Gasteiger partial charge on any atom is 0.452 e. The van der Waals surface area contributed by atoms with E-state index in [2.05, 4.69) is 39.3 Å². The fourth-order valence-electron chi connectivity index (χ4n) is 2.13. The summed E-state index contributed by atoms with van der Waals surface area (Å²) in [5.74, 6) is 1.07. The van der Waals surface area contributed by atoms with Crippen molar-refractivity contribution in [1.29, 1.82) is 0 Å². The van der Waals surface area contributed by atoms with E-state index in [1.165, 1.54) is 64.2 Å². The standard InChI is InChI=1S/C12H26S.C8H14N2O4/c1-2-3-4-5-6-7-8-9-10-11-12-13;1-5(2)13-7(11)9-10-8(12)14-6(3)4/h13H,2-12H2,1H3;5-6H,1-4H3. The van der Waals surface area contributed by atoms with Crippen LogP contribution in [0.1, 0.15) is 98.8 Å². The van der Waals surface area contributed by atoms with Gasteiger partial charge in [0.15, 0.2) is 0 Å². The van der Waals surface area contributed by atoms with Crippen LogP contribution in [0.5, 0.6) is 0 Å². The van der Waals surface area contributed by atoms with Crippen molar-refractivity contribution >= 4 is 24.8 Å². The van der Waals surface area contributed by atoms with Crippen molar-refractivity contribution < 1.29 is 19.1 Å². The van der Waals surface area contributed by atoms with E-state index in [4.69, 9.17) is 0 Å². The van der Waals surface area contributed by atoms with Gasteiger partial charge in [0.25, 0.3) is 0 Å². The van der Waals surface area contributed by atoms with Crippen molar-refractivity contribution in [3.63, 3.8) is 0 Å². The molecular weight excluding hydrogens is 364 g/mol. The maximum atomic E-state index is 10.8. The highest BCUT2D eigenvalue weighted by Crippen LogP contribution is 2.10. The van der Waals surface area contributed by atoms with Crippen LogP contribution in [0.3, 0.4) is 0 Å². The number of hydrogen-bond acceptors (Lipinski definition) is 5. The molecule has 0 aromatic heterocycles. The van der Waals surface area contributed by atoms with Gasteiger partial charge in [0.2, 0.25) is 0 Å². The van der Waals surface area contributed by atoms with Crippen LogP contribution in [-0.2, 0) is 9.47 Å². The minimum atomic E-state index is -0.902. The number of carbonyl (C=O) groups excluding carboxylic acids is 2. The van der Waals surface area contributed by atoms with Crippen molar-refractivity contribution in [2.75, 3.05) is 5.75 Å². The molecule has 0 spiro atoms. The van der Waals surface area contributed by atoms with E-state index in [0.29, 0.717) is 0 Å². The number of amides is 2. The topological polar surface area (TPSA) is 77.3 Å². The van der Waals surface area contributed by atoms with Crippen LogP contribution in [0.4, 0.5) is 9.59 Å². The molecule has 0 aromatic rings. The summed E-state index contributed by atoms with van der Waals surface area (Å²) in [6.07, 6.45) is 11.8. The lowest BCUT2D eigenvalue weighted by Gasteiger charge is -2.03. The summed E-state index contributed by atoms with van der Waals surface area (Å²) in [5.41, 5.74) is 0. The molecule has 2 amide bonds. The van der Waals surface area contributed by atoms with Crippen molar-refractivity contribution in [1.82, 2.24) is 0 Å². The molecule has 7 heteroatoms. The van der Waals surface area contributed by atoms with Gasteiger partial charge in [-0.25, -0.2) is 9.59 Å². The first kappa shape index (κ1) is 28.1. The van der Waals surface area contributed by atoms with Gasteiger partial charge in [0, 0.05) is 0 Å². The van der Waals surface area contributed by atoms with Crippen LogP contribution >= 0.6 is 12.6 Å². The minimum absolute atomic E-state index is 0.289. The van der Waals surface area contributed by atoms with E-state index in [1.54, 1.807) is 27.7 Å².